The fraction of sp³-hybridized carbons (Fsp3) is 0.364. The molecule has 156 valence electrons. The number of halogens is 2. The summed E-state index contributed by atoms with van der Waals surface area (Å²) in [7, 11) is 0. The van der Waals surface area contributed by atoms with Crippen LogP contribution in [-0.2, 0) is 4.79 Å². The maximum Gasteiger partial charge on any atom is 0.274 e. The van der Waals surface area contributed by atoms with Crippen LogP contribution >= 0.6 is 0 Å². The van der Waals surface area contributed by atoms with E-state index in [0.29, 0.717) is 16.6 Å². The largest absolute Gasteiger partial charge is 0.320 e. The zero-order chi connectivity index (χ0) is 21.3. The topological polar surface area (TPSA) is 76.9 Å². The molecule has 3 aromatic rings. The molecule has 1 amide bonds. The fourth-order valence-corrected chi connectivity index (χ4v) is 3.94. The van der Waals surface area contributed by atoms with E-state index in [-0.39, 0.29) is 28.9 Å². The summed E-state index contributed by atoms with van der Waals surface area (Å²) in [5.41, 5.74) is 1.05. The molecule has 0 aliphatic heterocycles. The van der Waals surface area contributed by atoms with Crippen molar-refractivity contribution in [2.75, 3.05) is 5.32 Å². The Morgan fingerprint density at radius 2 is 2.00 bits per heavy atom. The average Bonchev–Trinajstić information content (AvgIpc) is 3.16. The maximum absolute atomic E-state index is 13.7. The molecule has 0 unspecified atom stereocenters. The molecule has 1 aromatic carbocycles. The van der Waals surface area contributed by atoms with Gasteiger partial charge in [0.1, 0.15) is 12.0 Å². The summed E-state index contributed by atoms with van der Waals surface area (Å²) in [4.78, 5) is 27.6. The van der Waals surface area contributed by atoms with E-state index in [2.05, 4.69) is 15.4 Å². The lowest BCUT2D eigenvalue weighted by Crippen LogP contribution is -2.19. The second-order valence-corrected chi connectivity index (χ2v) is 7.73. The standard InChI is InChI=1S/C22H22F2N4O2/c1-13-3-2-4-18(25-13)22(30)26-20-9-15-11-28(16-7-5-14(12-29)6-8-16)27-19(15)10-17(20)21(23)24/h2-4,9-12,14,16,21H,5-8H2,1H3,(H,26,30)/t14-,16-. The lowest BCUT2D eigenvalue weighted by molar-refractivity contribution is -0.112. The monoisotopic (exact) mass is 412 g/mol. The first-order chi connectivity index (χ1) is 14.4. The minimum Gasteiger partial charge on any atom is -0.320 e. The maximum atomic E-state index is 13.7. The molecule has 0 spiro atoms. The summed E-state index contributed by atoms with van der Waals surface area (Å²) in [6.07, 6.45) is 3.31. The van der Waals surface area contributed by atoms with E-state index in [0.717, 1.165) is 32.0 Å². The number of pyridine rings is 1. The van der Waals surface area contributed by atoms with Crippen molar-refractivity contribution in [1.29, 1.82) is 0 Å². The number of nitrogens with one attached hydrogen (secondary N) is 1. The third kappa shape index (κ3) is 4.08. The van der Waals surface area contributed by atoms with Crippen LogP contribution in [0.25, 0.3) is 10.9 Å². The highest BCUT2D eigenvalue weighted by atomic mass is 19.3. The first kappa shape index (κ1) is 20.1. The molecule has 1 saturated carbocycles. The van der Waals surface area contributed by atoms with Crippen LogP contribution in [0.3, 0.4) is 0 Å². The molecule has 0 saturated heterocycles. The summed E-state index contributed by atoms with van der Waals surface area (Å²) in [6, 6.07) is 7.98. The molecule has 0 bridgehead atoms. The number of hydrogen-bond acceptors (Lipinski definition) is 4. The van der Waals surface area contributed by atoms with Gasteiger partial charge in [0.15, 0.2) is 0 Å². The van der Waals surface area contributed by atoms with Crippen molar-refractivity contribution in [3.63, 3.8) is 0 Å². The predicted octanol–water partition coefficient (Wildman–Crippen LogP) is 4.86. The van der Waals surface area contributed by atoms with Crippen LogP contribution in [0.4, 0.5) is 14.5 Å². The van der Waals surface area contributed by atoms with Crippen LogP contribution in [0.15, 0.2) is 36.5 Å². The van der Waals surface area contributed by atoms with Crippen LogP contribution in [0.5, 0.6) is 0 Å². The van der Waals surface area contributed by atoms with Gasteiger partial charge in [0, 0.05) is 28.8 Å². The average molecular weight is 412 g/mol. The third-order valence-corrected chi connectivity index (χ3v) is 5.61. The summed E-state index contributed by atoms with van der Waals surface area (Å²) < 4.78 is 29.2. The SMILES string of the molecule is Cc1cccc(C(=O)Nc2cc3cn([C@H]4CC[C@H](C=O)CC4)nc3cc2C(F)F)n1. The van der Waals surface area contributed by atoms with Gasteiger partial charge in [0.25, 0.3) is 12.3 Å². The lowest BCUT2D eigenvalue weighted by atomic mass is 9.87. The Morgan fingerprint density at radius 1 is 1.23 bits per heavy atom. The highest BCUT2D eigenvalue weighted by Crippen LogP contribution is 2.35. The number of rotatable bonds is 5. The van der Waals surface area contributed by atoms with Crippen molar-refractivity contribution < 1.29 is 18.4 Å². The van der Waals surface area contributed by atoms with Gasteiger partial charge in [-0.2, -0.15) is 5.10 Å². The molecule has 30 heavy (non-hydrogen) atoms. The molecule has 1 fully saturated rings. The predicted molar refractivity (Wildman–Crippen MR) is 109 cm³/mol. The number of alkyl halides is 2. The van der Waals surface area contributed by atoms with E-state index < -0.39 is 12.3 Å². The molecule has 1 aliphatic rings. The van der Waals surface area contributed by atoms with Gasteiger partial charge in [0.2, 0.25) is 0 Å². The van der Waals surface area contributed by atoms with Gasteiger partial charge in [-0.15, -0.1) is 0 Å². The minimum atomic E-state index is -2.76. The summed E-state index contributed by atoms with van der Waals surface area (Å²) in [5, 5.41) is 7.73. The smallest absolute Gasteiger partial charge is 0.274 e. The normalized spacial score (nSPS) is 19.2. The van der Waals surface area contributed by atoms with Crippen molar-refractivity contribution in [3.05, 3.63) is 53.5 Å². The molecule has 6 nitrogen and oxygen atoms in total. The zero-order valence-corrected chi connectivity index (χ0v) is 16.5. The molecule has 0 radical (unpaired) electrons. The van der Waals surface area contributed by atoms with Crippen LogP contribution in [0.1, 0.15) is 59.9 Å². The molecule has 1 N–H and O–H groups in total. The second kappa shape index (κ2) is 8.30. The number of fused-ring (bicyclic) bond motifs is 1. The van der Waals surface area contributed by atoms with Gasteiger partial charge < -0.3 is 10.1 Å². The fourth-order valence-electron chi connectivity index (χ4n) is 3.94. The van der Waals surface area contributed by atoms with Gasteiger partial charge >= 0.3 is 0 Å². The minimum absolute atomic E-state index is 0.0509. The van der Waals surface area contributed by atoms with Crippen molar-refractivity contribution in [1.82, 2.24) is 14.8 Å². The van der Waals surface area contributed by atoms with Gasteiger partial charge in [-0.1, -0.05) is 6.07 Å². The number of benzene rings is 1. The molecule has 2 heterocycles. The lowest BCUT2D eigenvalue weighted by Gasteiger charge is -2.25. The van der Waals surface area contributed by atoms with E-state index in [1.54, 1.807) is 23.7 Å². The van der Waals surface area contributed by atoms with Crippen molar-refractivity contribution in [3.8, 4) is 0 Å². The number of aromatic nitrogens is 3. The van der Waals surface area contributed by atoms with E-state index in [1.165, 1.54) is 18.2 Å². The molecule has 4 rings (SSSR count). The Balaban J connectivity index is 1.63. The Hall–Kier alpha value is -3.16. The molecule has 0 atom stereocenters. The number of aryl methyl sites for hydroxylation is 1. The van der Waals surface area contributed by atoms with Gasteiger partial charge in [-0.25, -0.2) is 13.8 Å². The highest BCUT2D eigenvalue weighted by Gasteiger charge is 2.24. The third-order valence-electron chi connectivity index (χ3n) is 5.61. The van der Waals surface area contributed by atoms with Crippen molar-refractivity contribution in [2.45, 2.75) is 45.1 Å². The molecular formula is C22H22F2N4O2. The second-order valence-electron chi connectivity index (χ2n) is 7.73. The first-order valence-electron chi connectivity index (χ1n) is 9.96. The number of aldehydes is 1. The molecule has 1 aliphatic carbocycles. The Labute approximate surface area is 172 Å². The molecule has 2 aromatic heterocycles. The van der Waals surface area contributed by atoms with Crippen molar-refractivity contribution in [2.24, 2.45) is 5.92 Å². The van der Waals surface area contributed by atoms with Crippen LogP contribution in [-0.4, -0.2) is 27.0 Å². The Kier molecular flexibility index (Phi) is 5.57. The van der Waals surface area contributed by atoms with Crippen molar-refractivity contribution >= 4 is 28.8 Å². The molecule has 8 heteroatoms. The molecular weight excluding hydrogens is 390 g/mol. The van der Waals surface area contributed by atoms with E-state index in [1.807, 2.05) is 6.20 Å². The zero-order valence-electron chi connectivity index (χ0n) is 16.5. The van der Waals surface area contributed by atoms with E-state index in [4.69, 9.17) is 0 Å². The van der Waals surface area contributed by atoms with Gasteiger partial charge in [-0.3, -0.25) is 9.48 Å². The summed E-state index contributed by atoms with van der Waals surface area (Å²) in [5.74, 6) is -0.451. The number of amides is 1. The Morgan fingerprint density at radius 3 is 2.67 bits per heavy atom. The summed E-state index contributed by atoms with van der Waals surface area (Å²) in [6.45, 7) is 1.75. The van der Waals surface area contributed by atoms with Crippen LogP contribution in [0, 0.1) is 12.8 Å². The first-order valence-corrected chi connectivity index (χ1v) is 9.96. The summed E-state index contributed by atoms with van der Waals surface area (Å²) >= 11 is 0. The van der Waals surface area contributed by atoms with Gasteiger partial charge in [0.05, 0.1) is 17.2 Å². The quantitative estimate of drug-likeness (QED) is 0.607. The highest BCUT2D eigenvalue weighted by molar-refractivity contribution is 6.04. The number of hydrogen-bond donors (Lipinski definition) is 1. The van der Waals surface area contributed by atoms with Crippen LogP contribution < -0.4 is 5.32 Å². The van der Waals surface area contributed by atoms with Crippen LogP contribution in [0.2, 0.25) is 0 Å². The van der Waals surface area contributed by atoms with E-state index >= 15 is 0 Å². The number of nitrogens with zero attached hydrogens (tertiary/aromatic N) is 3. The Bertz CT molecular complexity index is 1090. The number of carbonyl (C=O) groups is 2. The van der Waals surface area contributed by atoms with E-state index in [9.17, 15) is 18.4 Å². The van der Waals surface area contributed by atoms with Gasteiger partial charge in [-0.05, 0) is 56.9 Å². The number of carbonyl (C=O) groups excluding carboxylic acids is 2. The number of anilines is 1.